The summed E-state index contributed by atoms with van der Waals surface area (Å²) in [5, 5.41) is 2.28. The third-order valence-corrected chi connectivity index (χ3v) is 3.68. The summed E-state index contributed by atoms with van der Waals surface area (Å²) in [7, 11) is 2.04. The molecule has 0 spiro atoms. The van der Waals surface area contributed by atoms with E-state index in [1.54, 1.807) is 11.8 Å². The molecule has 15 heavy (non-hydrogen) atoms. The van der Waals surface area contributed by atoms with E-state index in [1.807, 2.05) is 14.0 Å². The molecule has 0 saturated carbocycles. The van der Waals surface area contributed by atoms with Gasteiger partial charge in [-0.1, -0.05) is 27.7 Å². The maximum Gasteiger partial charge on any atom is 0.296 e. The van der Waals surface area contributed by atoms with E-state index in [2.05, 4.69) is 49.9 Å². The highest BCUT2D eigenvalue weighted by atomic mass is 79.9. The fourth-order valence-corrected chi connectivity index (χ4v) is 2.55. The van der Waals surface area contributed by atoms with Crippen molar-refractivity contribution in [3.8, 4) is 0 Å². The molecule has 0 unspecified atom stereocenters. The van der Waals surface area contributed by atoms with Crippen molar-refractivity contribution in [2.75, 3.05) is 6.26 Å². The standard InChI is InChI=1S/C11H12BrN2S/c1-7-13-11(15-3)9-6-8(12)4-5-10(9)14(7)2/h4-6H,1-3H3/q+1. The first-order valence-electron chi connectivity index (χ1n) is 4.63. The summed E-state index contributed by atoms with van der Waals surface area (Å²) in [5.41, 5.74) is 1.22. The van der Waals surface area contributed by atoms with Gasteiger partial charge in [0, 0.05) is 11.4 Å². The third-order valence-electron chi connectivity index (χ3n) is 2.49. The quantitative estimate of drug-likeness (QED) is 0.455. The van der Waals surface area contributed by atoms with Gasteiger partial charge < -0.3 is 0 Å². The monoisotopic (exact) mass is 283 g/mol. The molecule has 0 bridgehead atoms. The number of thioether (sulfide) groups is 1. The van der Waals surface area contributed by atoms with Crippen LogP contribution in [0, 0.1) is 6.92 Å². The summed E-state index contributed by atoms with van der Waals surface area (Å²) < 4.78 is 3.21. The van der Waals surface area contributed by atoms with E-state index in [9.17, 15) is 0 Å². The van der Waals surface area contributed by atoms with Crippen LogP contribution in [0.1, 0.15) is 5.82 Å². The van der Waals surface area contributed by atoms with Gasteiger partial charge in [-0.3, -0.25) is 0 Å². The molecule has 0 aliphatic rings. The van der Waals surface area contributed by atoms with Crippen LogP contribution in [0.5, 0.6) is 0 Å². The molecule has 2 rings (SSSR count). The lowest BCUT2D eigenvalue weighted by Gasteiger charge is -2.03. The van der Waals surface area contributed by atoms with Gasteiger partial charge in [-0.05, 0) is 29.4 Å². The maximum absolute atomic E-state index is 4.57. The van der Waals surface area contributed by atoms with E-state index in [0.717, 1.165) is 15.3 Å². The molecule has 0 amide bonds. The normalized spacial score (nSPS) is 10.9. The van der Waals surface area contributed by atoms with Crippen LogP contribution in [0.2, 0.25) is 0 Å². The van der Waals surface area contributed by atoms with Crippen molar-refractivity contribution in [3.63, 3.8) is 0 Å². The SMILES string of the molecule is CSc1nc(C)[n+](C)c2ccc(Br)cc12. The van der Waals surface area contributed by atoms with Crippen molar-refractivity contribution in [2.24, 2.45) is 7.05 Å². The van der Waals surface area contributed by atoms with E-state index in [0.29, 0.717) is 0 Å². The molecular formula is C11H12BrN2S+. The molecule has 2 aromatic rings. The van der Waals surface area contributed by atoms with Crippen LogP contribution in [-0.2, 0) is 7.05 Å². The summed E-state index contributed by atoms with van der Waals surface area (Å²) in [6.07, 6.45) is 2.06. The number of aryl methyl sites for hydroxylation is 2. The molecule has 0 fully saturated rings. The number of hydrogen-bond acceptors (Lipinski definition) is 2. The van der Waals surface area contributed by atoms with Crippen molar-refractivity contribution >= 4 is 38.6 Å². The third kappa shape index (κ3) is 1.88. The van der Waals surface area contributed by atoms with Gasteiger partial charge in [-0.15, -0.1) is 0 Å². The zero-order valence-electron chi connectivity index (χ0n) is 8.91. The van der Waals surface area contributed by atoms with Gasteiger partial charge in [-0.25, -0.2) is 4.57 Å². The number of hydrogen-bond donors (Lipinski definition) is 0. The zero-order valence-corrected chi connectivity index (χ0v) is 11.3. The highest BCUT2D eigenvalue weighted by Gasteiger charge is 2.15. The molecule has 0 aliphatic carbocycles. The van der Waals surface area contributed by atoms with Gasteiger partial charge in [-0.2, -0.15) is 0 Å². The first-order valence-corrected chi connectivity index (χ1v) is 6.65. The Morgan fingerprint density at radius 1 is 1.40 bits per heavy atom. The number of fused-ring (bicyclic) bond motifs is 1. The van der Waals surface area contributed by atoms with Gasteiger partial charge in [0.05, 0.1) is 12.4 Å². The number of rotatable bonds is 1. The predicted octanol–water partition coefficient (Wildman–Crippen LogP) is 2.85. The molecule has 4 heteroatoms. The molecule has 0 radical (unpaired) electrons. The average Bonchev–Trinajstić information content (AvgIpc) is 2.23. The first kappa shape index (κ1) is 10.9. The van der Waals surface area contributed by atoms with Crippen molar-refractivity contribution in [3.05, 3.63) is 28.5 Å². The molecule has 2 nitrogen and oxygen atoms in total. The van der Waals surface area contributed by atoms with E-state index < -0.39 is 0 Å². The maximum atomic E-state index is 4.57. The van der Waals surface area contributed by atoms with Crippen LogP contribution in [0.25, 0.3) is 10.9 Å². The zero-order chi connectivity index (χ0) is 11.0. The Labute approximate surface area is 102 Å². The Morgan fingerprint density at radius 2 is 2.13 bits per heavy atom. The van der Waals surface area contributed by atoms with Crippen LogP contribution in [-0.4, -0.2) is 11.2 Å². The Bertz CT molecular complexity index is 525. The molecule has 1 aromatic carbocycles. The summed E-state index contributed by atoms with van der Waals surface area (Å²) in [6.45, 7) is 2.03. The van der Waals surface area contributed by atoms with Gasteiger partial charge in [0.2, 0.25) is 5.03 Å². The van der Waals surface area contributed by atoms with Crippen LogP contribution in [0.4, 0.5) is 0 Å². The summed E-state index contributed by atoms with van der Waals surface area (Å²) >= 11 is 5.18. The number of halogens is 1. The van der Waals surface area contributed by atoms with Crippen LogP contribution in [0.3, 0.4) is 0 Å². The Kier molecular flexibility index (Phi) is 2.98. The molecule has 0 N–H and O–H groups in total. The van der Waals surface area contributed by atoms with Gasteiger partial charge in [0.1, 0.15) is 5.52 Å². The summed E-state index contributed by atoms with van der Waals surface area (Å²) in [6, 6.07) is 6.30. The predicted molar refractivity (Wildman–Crippen MR) is 67.1 cm³/mol. The highest BCUT2D eigenvalue weighted by Crippen LogP contribution is 2.25. The van der Waals surface area contributed by atoms with E-state index in [1.165, 1.54) is 10.9 Å². The number of nitrogens with zero attached hydrogens (tertiary/aromatic N) is 2. The smallest absolute Gasteiger partial charge is 0.230 e. The summed E-state index contributed by atoms with van der Waals surface area (Å²) in [5.74, 6) is 1.04. The second-order valence-corrected chi connectivity index (χ2v) is 5.10. The molecular weight excluding hydrogens is 272 g/mol. The lowest BCUT2D eigenvalue weighted by molar-refractivity contribution is -0.655. The molecule has 1 heterocycles. The van der Waals surface area contributed by atoms with E-state index in [-0.39, 0.29) is 0 Å². The van der Waals surface area contributed by atoms with Crippen LogP contribution < -0.4 is 4.57 Å². The van der Waals surface area contributed by atoms with E-state index in [4.69, 9.17) is 0 Å². The Morgan fingerprint density at radius 3 is 2.80 bits per heavy atom. The second-order valence-electron chi connectivity index (χ2n) is 3.39. The van der Waals surface area contributed by atoms with Gasteiger partial charge in [0.15, 0.2) is 0 Å². The minimum Gasteiger partial charge on any atom is -0.230 e. The van der Waals surface area contributed by atoms with Crippen molar-refractivity contribution in [1.29, 1.82) is 0 Å². The minimum absolute atomic E-state index is 1.04. The van der Waals surface area contributed by atoms with Crippen molar-refractivity contribution in [1.82, 2.24) is 4.98 Å². The molecule has 0 saturated heterocycles. The minimum atomic E-state index is 1.04. The van der Waals surface area contributed by atoms with Crippen LogP contribution in [0.15, 0.2) is 27.7 Å². The highest BCUT2D eigenvalue weighted by molar-refractivity contribution is 9.10. The Balaban J connectivity index is 2.90. The van der Waals surface area contributed by atoms with Crippen molar-refractivity contribution < 1.29 is 4.57 Å². The molecule has 0 aliphatic heterocycles. The van der Waals surface area contributed by atoms with Crippen molar-refractivity contribution in [2.45, 2.75) is 11.9 Å². The molecule has 1 aromatic heterocycles. The lowest BCUT2D eigenvalue weighted by Crippen LogP contribution is -2.34. The lowest BCUT2D eigenvalue weighted by atomic mass is 10.2. The molecule has 0 atom stereocenters. The number of aromatic nitrogens is 2. The van der Waals surface area contributed by atoms with Crippen LogP contribution >= 0.6 is 27.7 Å². The first-order chi connectivity index (χ1) is 7.13. The Hall–Kier alpha value is -0.610. The second kappa shape index (κ2) is 4.10. The largest absolute Gasteiger partial charge is 0.296 e. The average molecular weight is 284 g/mol. The summed E-state index contributed by atoms with van der Waals surface area (Å²) in [4.78, 5) is 4.57. The topological polar surface area (TPSA) is 16.8 Å². The molecule has 78 valence electrons. The fourth-order valence-electron chi connectivity index (χ4n) is 1.58. The van der Waals surface area contributed by atoms with Gasteiger partial charge in [0.25, 0.3) is 5.82 Å². The number of benzene rings is 1. The van der Waals surface area contributed by atoms with Gasteiger partial charge >= 0.3 is 0 Å². The fraction of sp³-hybridized carbons (Fsp3) is 0.273. The van der Waals surface area contributed by atoms with E-state index >= 15 is 0 Å².